The van der Waals surface area contributed by atoms with E-state index in [1.165, 1.54) is 7.11 Å². The summed E-state index contributed by atoms with van der Waals surface area (Å²) in [5, 5.41) is 9.11. The molecule has 0 unspecified atom stereocenters. The maximum Gasteiger partial charge on any atom is 0.315 e. The highest BCUT2D eigenvalue weighted by Crippen LogP contribution is 2.32. The molecule has 0 aromatic rings. The summed E-state index contributed by atoms with van der Waals surface area (Å²) in [4.78, 5) is 11.1. The van der Waals surface area contributed by atoms with E-state index in [0.29, 0.717) is 6.42 Å². The lowest BCUT2D eigenvalue weighted by Gasteiger charge is -2.18. The minimum Gasteiger partial charge on any atom is -0.468 e. The minimum absolute atomic E-state index is 0.287. The van der Waals surface area contributed by atoms with Crippen LogP contribution in [0.5, 0.6) is 0 Å². The Kier molecular flexibility index (Phi) is 2.00. The van der Waals surface area contributed by atoms with Crippen molar-refractivity contribution in [3.63, 3.8) is 0 Å². The van der Waals surface area contributed by atoms with Crippen LogP contribution in [0.1, 0.15) is 13.3 Å². The van der Waals surface area contributed by atoms with Crippen molar-refractivity contribution in [1.29, 1.82) is 0 Å². The van der Waals surface area contributed by atoms with Crippen molar-refractivity contribution in [2.45, 2.75) is 19.4 Å². The fourth-order valence-electron chi connectivity index (χ4n) is 1.28. The first-order valence-electron chi connectivity index (χ1n) is 3.54. The van der Waals surface area contributed by atoms with Gasteiger partial charge in [-0.2, -0.15) is 0 Å². The van der Waals surface area contributed by atoms with E-state index in [9.17, 15) is 4.79 Å². The average Bonchev–Trinajstić information content (AvgIpc) is 2.31. The molecule has 2 atom stereocenters. The van der Waals surface area contributed by atoms with Crippen molar-refractivity contribution in [3.8, 4) is 0 Å². The maximum atomic E-state index is 11.1. The van der Waals surface area contributed by atoms with Crippen molar-refractivity contribution in [1.82, 2.24) is 0 Å². The number of carbonyl (C=O) groups is 1. The van der Waals surface area contributed by atoms with E-state index in [4.69, 9.17) is 5.11 Å². The van der Waals surface area contributed by atoms with Gasteiger partial charge in [0.2, 0.25) is 0 Å². The van der Waals surface area contributed by atoms with E-state index in [0.717, 1.165) is 0 Å². The van der Waals surface area contributed by atoms with E-state index in [-0.39, 0.29) is 5.97 Å². The van der Waals surface area contributed by atoms with Crippen molar-refractivity contribution < 1.29 is 14.6 Å². The number of hydrogen-bond donors (Lipinski definition) is 1. The van der Waals surface area contributed by atoms with Crippen molar-refractivity contribution in [2.24, 2.45) is 5.41 Å². The number of aliphatic hydroxyl groups excluding tert-OH is 1. The lowest BCUT2D eigenvalue weighted by Crippen LogP contribution is -2.26. The minimum atomic E-state index is -0.617. The van der Waals surface area contributed by atoms with Crippen molar-refractivity contribution >= 4 is 5.97 Å². The van der Waals surface area contributed by atoms with Gasteiger partial charge in [0.1, 0.15) is 0 Å². The van der Waals surface area contributed by atoms with Crippen LogP contribution in [-0.4, -0.2) is 24.3 Å². The zero-order valence-electron chi connectivity index (χ0n) is 6.70. The Morgan fingerprint density at radius 1 is 1.82 bits per heavy atom. The van der Waals surface area contributed by atoms with Crippen LogP contribution in [0.15, 0.2) is 12.2 Å². The van der Waals surface area contributed by atoms with Crippen molar-refractivity contribution in [3.05, 3.63) is 12.2 Å². The fourth-order valence-corrected chi connectivity index (χ4v) is 1.28. The Morgan fingerprint density at radius 3 is 2.82 bits per heavy atom. The van der Waals surface area contributed by atoms with Gasteiger partial charge in [0.15, 0.2) is 0 Å². The number of hydrogen-bond acceptors (Lipinski definition) is 3. The monoisotopic (exact) mass is 156 g/mol. The van der Waals surface area contributed by atoms with Gasteiger partial charge in [0.05, 0.1) is 18.6 Å². The van der Waals surface area contributed by atoms with Gasteiger partial charge >= 0.3 is 5.97 Å². The Bertz CT molecular complexity index is 198. The zero-order valence-corrected chi connectivity index (χ0v) is 6.70. The molecule has 0 amide bonds. The highest BCUT2D eigenvalue weighted by Gasteiger charge is 2.37. The summed E-state index contributed by atoms with van der Waals surface area (Å²) in [7, 11) is 1.35. The molecule has 3 heteroatoms. The topological polar surface area (TPSA) is 46.5 Å². The second-order valence-electron chi connectivity index (χ2n) is 3.04. The average molecular weight is 156 g/mol. The first-order valence-corrected chi connectivity index (χ1v) is 3.54. The molecule has 0 saturated carbocycles. The predicted octanol–water partition coefficient (Wildman–Crippen LogP) is 0.486. The third kappa shape index (κ3) is 1.43. The summed E-state index contributed by atoms with van der Waals surface area (Å²) < 4.78 is 4.58. The number of rotatable bonds is 1. The van der Waals surface area contributed by atoms with E-state index in [1.54, 1.807) is 19.1 Å². The summed E-state index contributed by atoms with van der Waals surface area (Å²) >= 11 is 0. The molecular weight excluding hydrogens is 144 g/mol. The molecule has 0 heterocycles. The number of carbonyl (C=O) groups excluding carboxylic acids is 1. The molecule has 0 aliphatic heterocycles. The van der Waals surface area contributed by atoms with Gasteiger partial charge < -0.3 is 9.84 Å². The quantitative estimate of drug-likeness (QED) is 0.444. The van der Waals surface area contributed by atoms with Gasteiger partial charge in [0, 0.05) is 0 Å². The normalized spacial score (nSPS) is 35.7. The Morgan fingerprint density at radius 2 is 2.45 bits per heavy atom. The van der Waals surface area contributed by atoms with Crippen LogP contribution in [0.2, 0.25) is 0 Å². The second kappa shape index (κ2) is 2.66. The van der Waals surface area contributed by atoms with Gasteiger partial charge in [-0.05, 0) is 13.3 Å². The molecular formula is C8H12O3. The molecule has 0 fully saturated rings. The third-order valence-corrected chi connectivity index (χ3v) is 1.97. The van der Waals surface area contributed by atoms with E-state index in [1.807, 2.05) is 0 Å². The molecule has 0 radical (unpaired) electrons. The van der Waals surface area contributed by atoms with Gasteiger partial charge in [-0.3, -0.25) is 4.79 Å². The van der Waals surface area contributed by atoms with Crippen LogP contribution in [0, 0.1) is 5.41 Å². The van der Waals surface area contributed by atoms with Crippen LogP contribution >= 0.6 is 0 Å². The van der Waals surface area contributed by atoms with Crippen LogP contribution in [0.3, 0.4) is 0 Å². The molecule has 0 saturated heterocycles. The summed E-state index contributed by atoms with van der Waals surface area (Å²) in [6.45, 7) is 1.76. The predicted molar refractivity (Wildman–Crippen MR) is 39.9 cm³/mol. The first-order chi connectivity index (χ1) is 5.08. The Balaban J connectivity index is 2.71. The molecule has 1 aliphatic carbocycles. The lowest BCUT2D eigenvalue weighted by atomic mass is 9.90. The highest BCUT2D eigenvalue weighted by molar-refractivity contribution is 5.79. The molecule has 0 bridgehead atoms. The van der Waals surface area contributed by atoms with E-state index < -0.39 is 11.5 Å². The number of methoxy groups -OCH3 is 1. The van der Waals surface area contributed by atoms with Gasteiger partial charge in [-0.25, -0.2) is 0 Å². The molecule has 1 N–H and O–H groups in total. The number of ether oxygens (including phenoxy) is 1. The number of esters is 1. The SMILES string of the molecule is COC(=O)[C@]1(C)C=C[C@@H](O)C1. The van der Waals surface area contributed by atoms with Gasteiger partial charge in [-0.1, -0.05) is 12.2 Å². The van der Waals surface area contributed by atoms with E-state index in [2.05, 4.69) is 4.74 Å². The highest BCUT2D eigenvalue weighted by atomic mass is 16.5. The molecule has 1 aliphatic rings. The van der Waals surface area contributed by atoms with Crippen LogP contribution in [-0.2, 0) is 9.53 Å². The van der Waals surface area contributed by atoms with Crippen LogP contribution < -0.4 is 0 Å². The molecule has 0 spiro atoms. The molecule has 62 valence electrons. The molecule has 0 aromatic heterocycles. The largest absolute Gasteiger partial charge is 0.468 e. The second-order valence-corrected chi connectivity index (χ2v) is 3.04. The van der Waals surface area contributed by atoms with Crippen molar-refractivity contribution in [2.75, 3.05) is 7.11 Å². The standard InChI is InChI=1S/C8H12O3/c1-8(7(10)11-2)4-3-6(9)5-8/h3-4,6,9H,5H2,1-2H3/t6-,8-/m1/s1. The molecule has 1 rings (SSSR count). The summed E-state index contributed by atoms with van der Waals surface area (Å²) in [6.07, 6.45) is 3.25. The number of aliphatic hydroxyl groups is 1. The van der Waals surface area contributed by atoms with E-state index >= 15 is 0 Å². The summed E-state index contributed by atoms with van der Waals surface area (Å²) in [5.41, 5.74) is -0.617. The molecule has 11 heavy (non-hydrogen) atoms. The first kappa shape index (κ1) is 8.27. The molecule has 0 aromatic carbocycles. The van der Waals surface area contributed by atoms with Crippen LogP contribution in [0.25, 0.3) is 0 Å². The Hall–Kier alpha value is -0.830. The summed E-state index contributed by atoms with van der Waals surface area (Å²) in [6, 6.07) is 0. The zero-order chi connectivity index (χ0) is 8.48. The smallest absolute Gasteiger partial charge is 0.315 e. The molecule has 3 nitrogen and oxygen atoms in total. The van der Waals surface area contributed by atoms with Crippen LogP contribution in [0.4, 0.5) is 0 Å². The van der Waals surface area contributed by atoms with Gasteiger partial charge in [0.25, 0.3) is 0 Å². The lowest BCUT2D eigenvalue weighted by molar-refractivity contribution is -0.149. The Labute approximate surface area is 65.7 Å². The fraction of sp³-hybridized carbons (Fsp3) is 0.625. The van der Waals surface area contributed by atoms with Gasteiger partial charge in [-0.15, -0.1) is 0 Å². The maximum absolute atomic E-state index is 11.1. The summed E-state index contributed by atoms with van der Waals surface area (Å²) in [5.74, 6) is -0.287. The third-order valence-electron chi connectivity index (χ3n) is 1.97.